The van der Waals surface area contributed by atoms with Crippen molar-refractivity contribution in [3.8, 4) is 5.75 Å². The van der Waals surface area contributed by atoms with Crippen molar-refractivity contribution in [1.29, 1.82) is 0 Å². The molecule has 0 aliphatic carbocycles. The summed E-state index contributed by atoms with van der Waals surface area (Å²) in [6.07, 6.45) is -0.316. The number of piperazine rings is 1. The second-order valence-electron chi connectivity index (χ2n) is 7.17. The average molecular weight is 369 g/mol. The number of rotatable bonds is 4. The molecule has 0 bridgehead atoms. The summed E-state index contributed by atoms with van der Waals surface area (Å²) in [7, 11) is 0. The van der Waals surface area contributed by atoms with Gasteiger partial charge in [0, 0.05) is 32.2 Å². The number of amides is 1. The Morgan fingerprint density at radius 2 is 1.93 bits per heavy atom. The van der Waals surface area contributed by atoms with Crippen LogP contribution in [0, 0.1) is 0 Å². The minimum Gasteiger partial charge on any atom is -0.410 e. The van der Waals surface area contributed by atoms with Crippen LogP contribution < -0.4 is 15.4 Å². The Balaban J connectivity index is 1.58. The Kier molecular flexibility index (Phi) is 5.91. The van der Waals surface area contributed by atoms with Crippen LogP contribution in [-0.2, 0) is 6.54 Å². The molecule has 0 unspecified atom stereocenters. The molecule has 2 aromatic rings. The molecule has 2 N–H and O–H groups in total. The monoisotopic (exact) mass is 369 g/mol. The average Bonchev–Trinajstić information content (AvgIpc) is 2.68. The summed E-state index contributed by atoms with van der Waals surface area (Å²) in [5.41, 5.74) is 7.55. The largest absolute Gasteiger partial charge is 0.415 e. The van der Waals surface area contributed by atoms with Gasteiger partial charge in [-0.25, -0.2) is 4.79 Å². The molecule has 1 amide bonds. The van der Waals surface area contributed by atoms with Gasteiger partial charge >= 0.3 is 6.09 Å². The summed E-state index contributed by atoms with van der Waals surface area (Å²) >= 11 is 0. The van der Waals surface area contributed by atoms with E-state index >= 15 is 0 Å². The van der Waals surface area contributed by atoms with Crippen molar-refractivity contribution in [2.45, 2.75) is 39.3 Å². The summed E-state index contributed by atoms with van der Waals surface area (Å²) in [6, 6.07) is 11.6. The first-order chi connectivity index (χ1) is 13.0. The Morgan fingerprint density at radius 1 is 1.19 bits per heavy atom. The quantitative estimate of drug-likeness (QED) is 0.892. The molecule has 27 heavy (non-hydrogen) atoms. The molecule has 1 aromatic carbocycles. The number of hydrogen-bond donors (Lipinski definition) is 1. The van der Waals surface area contributed by atoms with Crippen LogP contribution in [0.2, 0.25) is 0 Å². The van der Waals surface area contributed by atoms with Crippen molar-refractivity contribution in [1.82, 2.24) is 15.1 Å². The Hall–Kier alpha value is -2.67. The van der Waals surface area contributed by atoms with Crippen molar-refractivity contribution in [2.24, 2.45) is 5.73 Å². The van der Waals surface area contributed by atoms with Gasteiger partial charge in [-0.1, -0.05) is 26.0 Å². The van der Waals surface area contributed by atoms with Crippen LogP contribution in [0.15, 0.2) is 36.4 Å². The number of carbonyl (C=O) groups is 1. The fourth-order valence-corrected chi connectivity index (χ4v) is 3.16. The molecule has 1 atom stereocenters. The summed E-state index contributed by atoms with van der Waals surface area (Å²) < 4.78 is 5.53. The van der Waals surface area contributed by atoms with Gasteiger partial charge in [0.15, 0.2) is 5.82 Å². The molecule has 0 radical (unpaired) electrons. The Morgan fingerprint density at radius 3 is 2.48 bits per heavy atom. The highest BCUT2D eigenvalue weighted by Crippen LogP contribution is 2.21. The molecular formula is C20H27N5O2. The molecular weight excluding hydrogens is 342 g/mol. The van der Waals surface area contributed by atoms with Crippen molar-refractivity contribution in [3.05, 3.63) is 47.7 Å². The summed E-state index contributed by atoms with van der Waals surface area (Å²) in [4.78, 5) is 16.4. The van der Waals surface area contributed by atoms with E-state index in [1.54, 1.807) is 4.90 Å². The van der Waals surface area contributed by atoms with Gasteiger partial charge in [0.05, 0.1) is 5.69 Å². The first-order valence-electron chi connectivity index (χ1n) is 9.34. The predicted octanol–water partition coefficient (Wildman–Crippen LogP) is 2.77. The number of hydrogen-bond acceptors (Lipinski definition) is 6. The van der Waals surface area contributed by atoms with Crippen molar-refractivity contribution in [2.75, 3.05) is 24.5 Å². The molecule has 0 saturated carbocycles. The number of nitrogens with two attached hydrogens (primary N) is 1. The van der Waals surface area contributed by atoms with Crippen LogP contribution in [0.25, 0.3) is 0 Å². The smallest absolute Gasteiger partial charge is 0.410 e. The third-order valence-corrected chi connectivity index (χ3v) is 4.85. The highest BCUT2D eigenvalue weighted by atomic mass is 16.6. The standard InChI is InChI=1S/C20H27N5O2/c1-14(2)16-4-7-18(8-5-16)27-20(26)24-10-11-25(15(3)13-24)19-9-6-17(12-21)22-23-19/h4-9,14-15H,10-13,21H2,1-3H3/t15-/m0/s1. The fraction of sp³-hybridized carbons (Fsp3) is 0.450. The summed E-state index contributed by atoms with van der Waals surface area (Å²) in [5, 5.41) is 8.36. The van der Waals surface area contributed by atoms with E-state index in [0.29, 0.717) is 37.8 Å². The molecule has 1 aliphatic heterocycles. The molecule has 7 nitrogen and oxygen atoms in total. The second kappa shape index (κ2) is 8.35. The van der Waals surface area contributed by atoms with Crippen LogP contribution in [0.1, 0.15) is 37.9 Å². The van der Waals surface area contributed by atoms with Gasteiger partial charge in [-0.05, 0) is 42.7 Å². The number of ether oxygens (including phenoxy) is 1. The summed E-state index contributed by atoms with van der Waals surface area (Å²) in [6.45, 7) is 8.54. The lowest BCUT2D eigenvalue weighted by atomic mass is 10.0. The Labute approximate surface area is 160 Å². The van der Waals surface area contributed by atoms with Gasteiger partial charge in [0.2, 0.25) is 0 Å². The van der Waals surface area contributed by atoms with Gasteiger partial charge < -0.3 is 20.3 Å². The van der Waals surface area contributed by atoms with E-state index < -0.39 is 0 Å². The minimum atomic E-state index is -0.316. The fourth-order valence-electron chi connectivity index (χ4n) is 3.16. The zero-order valence-corrected chi connectivity index (χ0v) is 16.1. The molecule has 2 heterocycles. The van der Waals surface area contributed by atoms with E-state index in [0.717, 1.165) is 11.5 Å². The van der Waals surface area contributed by atoms with E-state index in [-0.39, 0.29) is 12.1 Å². The Bertz CT molecular complexity index is 761. The first kappa shape index (κ1) is 19.1. The topological polar surface area (TPSA) is 84.6 Å². The van der Waals surface area contributed by atoms with E-state index in [9.17, 15) is 4.79 Å². The molecule has 144 valence electrons. The van der Waals surface area contributed by atoms with E-state index in [1.165, 1.54) is 5.56 Å². The van der Waals surface area contributed by atoms with Crippen LogP contribution >= 0.6 is 0 Å². The maximum atomic E-state index is 12.5. The number of benzene rings is 1. The van der Waals surface area contributed by atoms with E-state index in [2.05, 4.69) is 35.9 Å². The predicted molar refractivity (Wildman–Crippen MR) is 105 cm³/mol. The maximum absolute atomic E-state index is 12.5. The number of anilines is 1. The van der Waals surface area contributed by atoms with Crippen LogP contribution in [0.4, 0.5) is 10.6 Å². The van der Waals surface area contributed by atoms with Crippen molar-refractivity contribution >= 4 is 11.9 Å². The molecule has 1 saturated heterocycles. The number of carbonyl (C=O) groups excluding carboxylic acids is 1. The van der Waals surface area contributed by atoms with E-state index in [4.69, 9.17) is 10.5 Å². The highest BCUT2D eigenvalue weighted by molar-refractivity contribution is 5.71. The lowest BCUT2D eigenvalue weighted by molar-refractivity contribution is 0.142. The second-order valence-corrected chi connectivity index (χ2v) is 7.17. The van der Waals surface area contributed by atoms with Crippen LogP contribution in [0.5, 0.6) is 5.75 Å². The van der Waals surface area contributed by atoms with Crippen LogP contribution in [0.3, 0.4) is 0 Å². The van der Waals surface area contributed by atoms with Gasteiger partial charge in [-0.3, -0.25) is 0 Å². The lowest BCUT2D eigenvalue weighted by Gasteiger charge is -2.39. The molecule has 1 aromatic heterocycles. The van der Waals surface area contributed by atoms with Crippen molar-refractivity contribution in [3.63, 3.8) is 0 Å². The summed E-state index contributed by atoms with van der Waals surface area (Å²) in [5.74, 6) is 1.82. The highest BCUT2D eigenvalue weighted by Gasteiger charge is 2.28. The number of nitrogens with zero attached hydrogens (tertiary/aromatic N) is 4. The van der Waals surface area contributed by atoms with Gasteiger partial charge in [0.1, 0.15) is 5.75 Å². The van der Waals surface area contributed by atoms with Gasteiger partial charge in [-0.15, -0.1) is 5.10 Å². The SMILES string of the molecule is CC(C)c1ccc(OC(=O)N2CCN(c3ccc(CN)nn3)[C@@H](C)C2)cc1. The van der Waals surface area contributed by atoms with Gasteiger partial charge in [-0.2, -0.15) is 5.10 Å². The maximum Gasteiger partial charge on any atom is 0.415 e. The normalized spacial score (nSPS) is 17.3. The molecule has 1 aliphatic rings. The zero-order chi connectivity index (χ0) is 19.4. The lowest BCUT2D eigenvalue weighted by Crippen LogP contribution is -2.54. The van der Waals surface area contributed by atoms with Gasteiger partial charge in [0.25, 0.3) is 0 Å². The molecule has 3 rings (SSSR count). The zero-order valence-electron chi connectivity index (χ0n) is 16.1. The van der Waals surface area contributed by atoms with Crippen molar-refractivity contribution < 1.29 is 9.53 Å². The molecule has 7 heteroatoms. The minimum absolute atomic E-state index is 0.118. The third kappa shape index (κ3) is 4.54. The van der Waals surface area contributed by atoms with Crippen LogP contribution in [-0.4, -0.2) is 46.9 Å². The molecule has 1 fully saturated rings. The third-order valence-electron chi connectivity index (χ3n) is 4.85. The first-order valence-corrected chi connectivity index (χ1v) is 9.34. The molecule has 0 spiro atoms. The number of aromatic nitrogens is 2. The van der Waals surface area contributed by atoms with E-state index in [1.807, 2.05) is 36.4 Å².